The maximum Gasteiger partial charge on any atom is 0.236 e. The fourth-order valence-corrected chi connectivity index (χ4v) is 4.96. The van der Waals surface area contributed by atoms with E-state index in [1.54, 1.807) is 0 Å². The first-order valence-corrected chi connectivity index (χ1v) is 11.9. The number of benzene rings is 1. The molecule has 2 amide bonds. The molecule has 4 heterocycles. The predicted molar refractivity (Wildman–Crippen MR) is 124 cm³/mol. The number of fused-ring (bicyclic) bond motifs is 1. The van der Waals surface area contributed by atoms with E-state index < -0.39 is 0 Å². The lowest BCUT2D eigenvalue weighted by atomic mass is 10.0. The van der Waals surface area contributed by atoms with Crippen LogP contribution in [-0.4, -0.2) is 77.5 Å². The normalized spacial score (nSPS) is 21.4. The number of morpholine rings is 1. The van der Waals surface area contributed by atoms with Crippen molar-refractivity contribution in [3.63, 3.8) is 0 Å². The minimum Gasteiger partial charge on any atom is -0.379 e. The van der Waals surface area contributed by atoms with Crippen molar-refractivity contribution in [3.05, 3.63) is 53.0 Å². The number of nitrogens with zero attached hydrogens (tertiary/aromatic N) is 5. The van der Waals surface area contributed by atoms with Gasteiger partial charge in [-0.05, 0) is 25.3 Å². The van der Waals surface area contributed by atoms with Crippen LogP contribution >= 0.6 is 0 Å². The van der Waals surface area contributed by atoms with Gasteiger partial charge in [-0.2, -0.15) is 0 Å². The molecule has 2 saturated heterocycles. The monoisotopic (exact) mass is 449 g/mol. The van der Waals surface area contributed by atoms with Crippen molar-refractivity contribution < 1.29 is 14.3 Å². The van der Waals surface area contributed by atoms with Crippen LogP contribution in [0.5, 0.6) is 0 Å². The van der Waals surface area contributed by atoms with Gasteiger partial charge >= 0.3 is 0 Å². The van der Waals surface area contributed by atoms with Crippen LogP contribution < -0.4 is 4.90 Å². The van der Waals surface area contributed by atoms with Gasteiger partial charge in [-0.3, -0.25) is 19.4 Å². The molecular weight excluding hydrogens is 418 g/mol. The molecule has 33 heavy (non-hydrogen) atoms. The number of aryl methyl sites for hydroxylation is 1. The molecule has 1 atom stereocenters. The van der Waals surface area contributed by atoms with E-state index >= 15 is 0 Å². The summed E-state index contributed by atoms with van der Waals surface area (Å²) < 4.78 is 5.38. The number of rotatable bonds is 5. The van der Waals surface area contributed by atoms with Crippen LogP contribution in [0.25, 0.3) is 0 Å². The van der Waals surface area contributed by atoms with Gasteiger partial charge in [-0.15, -0.1) is 0 Å². The summed E-state index contributed by atoms with van der Waals surface area (Å²) in [5, 5.41) is 0. The van der Waals surface area contributed by atoms with Crippen molar-refractivity contribution in [1.29, 1.82) is 0 Å². The van der Waals surface area contributed by atoms with E-state index in [1.807, 2.05) is 47.1 Å². The van der Waals surface area contributed by atoms with E-state index in [4.69, 9.17) is 14.7 Å². The third-order valence-corrected chi connectivity index (χ3v) is 6.91. The second kappa shape index (κ2) is 9.57. The Morgan fingerprint density at radius 3 is 2.67 bits per heavy atom. The fraction of sp³-hybridized carbons (Fsp3) is 0.520. The van der Waals surface area contributed by atoms with Crippen molar-refractivity contribution in [2.24, 2.45) is 0 Å². The van der Waals surface area contributed by atoms with E-state index in [-0.39, 0.29) is 17.7 Å². The highest BCUT2D eigenvalue weighted by atomic mass is 16.5. The quantitative estimate of drug-likeness (QED) is 0.694. The molecule has 0 bridgehead atoms. The molecule has 0 N–H and O–H groups in total. The third kappa shape index (κ3) is 4.77. The first-order valence-electron chi connectivity index (χ1n) is 11.9. The molecule has 3 aliphatic heterocycles. The molecule has 3 aliphatic rings. The zero-order valence-electron chi connectivity index (χ0n) is 19.2. The van der Waals surface area contributed by atoms with Crippen LogP contribution in [0.3, 0.4) is 0 Å². The Labute approximate surface area is 194 Å². The van der Waals surface area contributed by atoms with Gasteiger partial charge in [0.25, 0.3) is 0 Å². The number of carbonyl (C=O) groups is 2. The first-order chi connectivity index (χ1) is 16.1. The summed E-state index contributed by atoms with van der Waals surface area (Å²) in [5.74, 6) is 1.86. The number of carbonyl (C=O) groups excluding carboxylic acids is 2. The molecule has 8 heteroatoms. The minimum atomic E-state index is 0.0956. The Kier molecular flexibility index (Phi) is 6.37. The average Bonchev–Trinajstić information content (AvgIpc) is 3.33. The maximum absolute atomic E-state index is 12.8. The molecule has 2 aromatic rings. The number of ether oxygens (including phenoxy) is 1. The Morgan fingerprint density at radius 2 is 1.88 bits per heavy atom. The zero-order valence-corrected chi connectivity index (χ0v) is 19.2. The van der Waals surface area contributed by atoms with Crippen LogP contribution in [0.4, 0.5) is 5.82 Å². The van der Waals surface area contributed by atoms with Crippen molar-refractivity contribution >= 4 is 17.6 Å². The zero-order chi connectivity index (χ0) is 22.8. The highest BCUT2D eigenvalue weighted by Crippen LogP contribution is 2.33. The van der Waals surface area contributed by atoms with E-state index in [9.17, 15) is 9.59 Å². The Balaban J connectivity index is 1.33. The molecule has 8 nitrogen and oxygen atoms in total. The predicted octanol–water partition coefficient (Wildman–Crippen LogP) is 1.91. The molecule has 1 aromatic heterocycles. The van der Waals surface area contributed by atoms with Crippen LogP contribution in [0, 0.1) is 6.92 Å². The van der Waals surface area contributed by atoms with Gasteiger partial charge in [-0.1, -0.05) is 30.3 Å². The lowest BCUT2D eigenvalue weighted by Crippen LogP contribution is -2.44. The van der Waals surface area contributed by atoms with Gasteiger partial charge in [0.15, 0.2) is 0 Å². The number of amides is 2. The lowest BCUT2D eigenvalue weighted by Gasteiger charge is -2.30. The summed E-state index contributed by atoms with van der Waals surface area (Å²) in [6.45, 7) is 7.32. The van der Waals surface area contributed by atoms with Gasteiger partial charge in [0, 0.05) is 49.8 Å². The molecule has 1 unspecified atom stereocenters. The van der Waals surface area contributed by atoms with Crippen molar-refractivity contribution in [2.45, 2.75) is 38.6 Å². The summed E-state index contributed by atoms with van der Waals surface area (Å²) in [6, 6.07) is 10.0. The molecule has 1 aromatic carbocycles. The number of hydrogen-bond donors (Lipinski definition) is 0. The SMILES string of the molecule is Cc1nc(C2CCN(C(=O)CN3CCOCC3)C2)nc2c1CCC(=O)N2Cc1ccccc1. The smallest absolute Gasteiger partial charge is 0.236 e. The number of anilines is 1. The van der Waals surface area contributed by atoms with E-state index in [1.165, 1.54) is 0 Å². The van der Waals surface area contributed by atoms with Crippen molar-refractivity contribution in [1.82, 2.24) is 19.8 Å². The van der Waals surface area contributed by atoms with Crippen LogP contribution in [0.1, 0.15) is 41.4 Å². The van der Waals surface area contributed by atoms with Gasteiger partial charge in [0.2, 0.25) is 11.8 Å². The Bertz CT molecular complexity index is 1020. The average molecular weight is 450 g/mol. The first kappa shape index (κ1) is 22.0. The van der Waals surface area contributed by atoms with E-state index in [2.05, 4.69) is 4.90 Å². The third-order valence-electron chi connectivity index (χ3n) is 6.91. The molecular formula is C25H31N5O3. The van der Waals surface area contributed by atoms with Gasteiger partial charge in [0.05, 0.1) is 26.3 Å². The molecule has 0 spiro atoms. The van der Waals surface area contributed by atoms with Crippen LogP contribution in [-0.2, 0) is 27.3 Å². The maximum atomic E-state index is 12.8. The summed E-state index contributed by atoms with van der Waals surface area (Å²) in [6.07, 6.45) is 2.01. The van der Waals surface area contributed by atoms with Crippen molar-refractivity contribution in [3.8, 4) is 0 Å². The Hall–Kier alpha value is -2.84. The summed E-state index contributed by atoms with van der Waals surface area (Å²) in [7, 11) is 0. The van der Waals surface area contributed by atoms with Crippen LogP contribution in [0.2, 0.25) is 0 Å². The van der Waals surface area contributed by atoms with E-state index in [0.717, 1.165) is 54.5 Å². The van der Waals surface area contributed by atoms with Gasteiger partial charge in [-0.25, -0.2) is 9.97 Å². The highest BCUT2D eigenvalue weighted by molar-refractivity contribution is 5.95. The number of aromatic nitrogens is 2. The van der Waals surface area contributed by atoms with Crippen molar-refractivity contribution in [2.75, 3.05) is 50.8 Å². The summed E-state index contributed by atoms with van der Waals surface area (Å²) >= 11 is 0. The molecule has 5 rings (SSSR count). The lowest BCUT2D eigenvalue weighted by molar-refractivity contribution is -0.132. The van der Waals surface area contributed by atoms with Crippen LogP contribution in [0.15, 0.2) is 30.3 Å². The largest absolute Gasteiger partial charge is 0.379 e. The molecule has 2 fully saturated rings. The highest BCUT2D eigenvalue weighted by Gasteiger charge is 2.33. The minimum absolute atomic E-state index is 0.0956. The summed E-state index contributed by atoms with van der Waals surface area (Å²) in [5.41, 5.74) is 3.09. The molecule has 0 saturated carbocycles. The fourth-order valence-electron chi connectivity index (χ4n) is 4.96. The number of hydrogen-bond acceptors (Lipinski definition) is 6. The topological polar surface area (TPSA) is 78.9 Å². The Morgan fingerprint density at radius 1 is 1.09 bits per heavy atom. The second-order valence-corrected chi connectivity index (χ2v) is 9.15. The second-order valence-electron chi connectivity index (χ2n) is 9.15. The van der Waals surface area contributed by atoms with E-state index in [0.29, 0.717) is 45.7 Å². The number of likely N-dealkylation sites (tertiary alicyclic amines) is 1. The van der Waals surface area contributed by atoms with Gasteiger partial charge in [0.1, 0.15) is 11.6 Å². The van der Waals surface area contributed by atoms with Gasteiger partial charge < -0.3 is 9.64 Å². The molecule has 0 aliphatic carbocycles. The molecule has 0 radical (unpaired) electrons. The molecule has 174 valence electrons. The summed E-state index contributed by atoms with van der Waals surface area (Å²) in [4.78, 5) is 41.3. The standard InChI is InChI=1S/C25H31N5O3/c1-18-21-7-8-22(31)30(15-19-5-3-2-4-6-19)25(21)27-24(26-18)20-9-10-29(16-20)23(32)17-28-11-13-33-14-12-28/h2-6,20H,7-17H2,1H3.